The van der Waals surface area contributed by atoms with Gasteiger partial charge in [0.1, 0.15) is 0 Å². The van der Waals surface area contributed by atoms with Crippen LogP contribution in [0.1, 0.15) is 25.8 Å². The maximum Gasteiger partial charge on any atom is 0.233 e. The minimum atomic E-state index is -0.171. The highest BCUT2D eigenvalue weighted by Crippen LogP contribution is 2.14. The van der Waals surface area contributed by atoms with Crippen LogP contribution >= 0.6 is 11.6 Å². The molecule has 1 aromatic rings. The van der Waals surface area contributed by atoms with Crippen molar-refractivity contribution in [3.8, 4) is 0 Å². The molecule has 0 aliphatic rings. The molecule has 0 aliphatic heterocycles. The molecule has 0 radical (unpaired) electrons. The third-order valence-corrected chi connectivity index (χ3v) is 2.17. The minimum Gasteiger partial charge on any atom is -0.294 e. The van der Waals surface area contributed by atoms with Crippen LogP contribution in [0.25, 0.3) is 0 Å². The van der Waals surface area contributed by atoms with E-state index in [1.807, 2.05) is 6.92 Å². The first-order valence-corrected chi connectivity index (χ1v) is 4.70. The molecule has 3 N–H and O–H groups in total. The topological polar surface area (TPSA) is 72.9 Å². The highest BCUT2D eigenvalue weighted by Gasteiger charge is 2.08. The molecule has 1 aromatic heterocycles. The molecule has 1 unspecified atom stereocenters. The van der Waals surface area contributed by atoms with E-state index in [-0.39, 0.29) is 11.9 Å². The highest BCUT2D eigenvalue weighted by molar-refractivity contribution is 6.30. The zero-order valence-corrected chi connectivity index (χ0v) is 8.66. The Morgan fingerprint density at radius 2 is 2.57 bits per heavy atom. The predicted octanol–water partition coefficient (Wildman–Crippen LogP) is 0.868. The van der Waals surface area contributed by atoms with Gasteiger partial charge in [-0.15, -0.1) is 0 Å². The fourth-order valence-corrected chi connectivity index (χ4v) is 1.24. The van der Waals surface area contributed by atoms with Gasteiger partial charge in [-0.2, -0.15) is 5.10 Å². The van der Waals surface area contributed by atoms with E-state index in [1.54, 1.807) is 17.1 Å². The summed E-state index contributed by atoms with van der Waals surface area (Å²) in [5.41, 5.74) is 2.08. The summed E-state index contributed by atoms with van der Waals surface area (Å²) in [6.45, 7) is 1.97. The molecule has 0 aliphatic carbocycles. The molecule has 1 amide bonds. The number of rotatable bonds is 4. The Hall–Kier alpha value is -1.07. The van der Waals surface area contributed by atoms with E-state index >= 15 is 0 Å². The molecular weight excluding hydrogens is 204 g/mol. The van der Waals surface area contributed by atoms with Crippen molar-refractivity contribution in [2.75, 3.05) is 0 Å². The first-order valence-electron chi connectivity index (χ1n) is 4.32. The summed E-state index contributed by atoms with van der Waals surface area (Å²) >= 11 is 5.71. The van der Waals surface area contributed by atoms with Crippen molar-refractivity contribution >= 4 is 17.5 Å². The number of nitrogens with one attached hydrogen (secondary N) is 1. The summed E-state index contributed by atoms with van der Waals surface area (Å²) in [7, 11) is 0. The standard InChI is InChI=1S/C8H13ClN4O/c1-6(2-3-8(14)12-10)13-5-7(9)4-11-13/h4-6H,2-3,10H2,1H3,(H,12,14). The number of nitrogens with zero attached hydrogens (tertiary/aromatic N) is 2. The minimum absolute atomic E-state index is 0.139. The smallest absolute Gasteiger partial charge is 0.233 e. The van der Waals surface area contributed by atoms with Gasteiger partial charge >= 0.3 is 0 Å². The molecule has 0 aromatic carbocycles. The second-order valence-corrected chi connectivity index (χ2v) is 3.53. The van der Waals surface area contributed by atoms with E-state index in [4.69, 9.17) is 17.4 Å². The number of halogens is 1. The Kier molecular flexibility index (Phi) is 3.91. The molecule has 0 saturated carbocycles. The van der Waals surface area contributed by atoms with Gasteiger partial charge in [0.25, 0.3) is 0 Å². The maximum atomic E-state index is 10.9. The molecule has 0 bridgehead atoms. The zero-order chi connectivity index (χ0) is 10.6. The lowest BCUT2D eigenvalue weighted by molar-refractivity contribution is -0.121. The van der Waals surface area contributed by atoms with Crippen molar-refractivity contribution < 1.29 is 4.79 Å². The van der Waals surface area contributed by atoms with Gasteiger partial charge in [0.2, 0.25) is 5.91 Å². The first-order chi connectivity index (χ1) is 6.63. The molecule has 5 nitrogen and oxygen atoms in total. The second-order valence-electron chi connectivity index (χ2n) is 3.09. The highest BCUT2D eigenvalue weighted by atomic mass is 35.5. The molecule has 78 valence electrons. The van der Waals surface area contributed by atoms with Crippen LogP contribution in [-0.4, -0.2) is 15.7 Å². The van der Waals surface area contributed by atoms with Gasteiger partial charge in [-0.25, -0.2) is 5.84 Å². The lowest BCUT2D eigenvalue weighted by Crippen LogP contribution is -2.30. The van der Waals surface area contributed by atoms with Crippen LogP contribution in [0.2, 0.25) is 5.02 Å². The van der Waals surface area contributed by atoms with Crippen molar-refractivity contribution in [3.63, 3.8) is 0 Å². The lowest BCUT2D eigenvalue weighted by atomic mass is 10.2. The first kappa shape index (κ1) is 11.0. The molecule has 1 heterocycles. The van der Waals surface area contributed by atoms with Crippen molar-refractivity contribution in [1.82, 2.24) is 15.2 Å². The average molecular weight is 217 g/mol. The van der Waals surface area contributed by atoms with Crippen LogP contribution in [0.15, 0.2) is 12.4 Å². The third-order valence-electron chi connectivity index (χ3n) is 1.97. The van der Waals surface area contributed by atoms with Crippen molar-refractivity contribution in [1.29, 1.82) is 0 Å². The van der Waals surface area contributed by atoms with Crippen LogP contribution in [0.4, 0.5) is 0 Å². The molecule has 0 spiro atoms. The Morgan fingerprint density at radius 3 is 3.07 bits per heavy atom. The summed E-state index contributed by atoms with van der Waals surface area (Å²) in [5.74, 6) is 4.79. The summed E-state index contributed by atoms with van der Waals surface area (Å²) in [5, 5.41) is 4.64. The number of nitrogens with two attached hydrogens (primary N) is 1. The van der Waals surface area contributed by atoms with Crippen LogP contribution in [0.3, 0.4) is 0 Å². The Bertz CT molecular complexity index is 312. The van der Waals surface area contributed by atoms with Crippen molar-refractivity contribution in [3.05, 3.63) is 17.4 Å². The van der Waals surface area contributed by atoms with Crippen LogP contribution in [-0.2, 0) is 4.79 Å². The SMILES string of the molecule is CC(CCC(=O)NN)n1cc(Cl)cn1. The van der Waals surface area contributed by atoms with Gasteiger partial charge in [0, 0.05) is 18.7 Å². The third kappa shape index (κ3) is 3.01. The molecule has 1 atom stereocenters. The Morgan fingerprint density at radius 1 is 1.86 bits per heavy atom. The number of aromatic nitrogens is 2. The van der Waals surface area contributed by atoms with E-state index in [0.717, 1.165) is 0 Å². The quantitative estimate of drug-likeness (QED) is 0.446. The van der Waals surface area contributed by atoms with E-state index in [0.29, 0.717) is 17.9 Å². The Labute approximate surface area is 87.2 Å². The maximum absolute atomic E-state index is 10.9. The Balaban J connectivity index is 2.42. The van der Waals surface area contributed by atoms with Crippen molar-refractivity contribution in [2.24, 2.45) is 5.84 Å². The van der Waals surface area contributed by atoms with Crippen molar-refractivity contribution in [2.45, 2.75) is 25.8 Å². The molecular formula is C8H13ClN4O. The molecule has 1 rings (SSSR count). The summed E-state index contributed by atoms with van der Waals surface area (Å²) in [6.07, 6.45) is 4.36. The van der Waals surface area contributed by atoms with Gasteiger partial charge < -0.3 is 0 Å². The largest absolute Gasteiger partial charge is 0.294 e. The number of carbonyl (C=O) groups is 1. The molecule has 14 heavy (non-hydrogen) atoms. The second kappa shape index (κ2) is 4.97. The van der Waals surface area contributed by atoms with Gasteiger partial charge in [-0.05, 0) is 13.3 Å². The van der Waals surface area contributed by atoms with Gasteiger partial charge in [0.05, 0.1) is 11.2 Å². The summed E-state index contributed by atoms with van der Waals surface area (Å²) in [6, 6.07) is 0.139. The number of carbonyl (C=O) groups excluding carboxylic acids is 1. The van der Waals surface area contributed by atoms with Gasteiger partial charge in [0.15, 0.2) is 0 Å². The van der Waals surface area contributed by atoms with E-state index < -0.39 is 0 Å². The zero-order valence-electron chi connectivity index (χ0n) is 7.90. The van der Waals surface area contributed by atoms with E-state index in [2.05, 4.69) is 10.5 Å². The van der Waals surface area contributed by atoms with Crippen LogP contribution < -0.4 is 11.3 Å². The molecule has 0 saturated heterocycles. The van der Waals surface area contributed by atoms with Crippen LogP contribution in [0, 0.1) is 0 Å². The predicted molar refractivity (Wildman–Crippen MR) is 53.5 cm³/mol. The fraction of sp³-hybridized carbons (Fsp3) is 0.500. The fourth-order valence-electron chi connectivity index (χ4n) is 1.10. The van der Waals surface area contributed by atoms with E-state index in [9.17, 15) is 4.79 Å². The number of amides is 1. The normalized spacial score (nSPS) is 12.5. The summed E-state index contributed by atoms with van der Waals surface area (Å²) in [4.78, 5) is 10.9. The van der Waals surface area contributed by atoms with Gasteiger partial charge in [-0.1, -0.05) is 11.6 Å². The number of hydrogen-bond donors (Lipinski definition) is 2. The molecule has 0 fully saturated rings. The number of hydrazine groups is 1. The van der Waals surface area contributed by atoms with E-state index in [1.165, 1.54) is 0 Å². The van der Waals surface area contributed by atoms with Gasteiger partial charge in [-0.3, -0.25) is 14.9 Å². The number of hydrogen-bond acceptors (Lipinski definition) is 3. The summed E-state index contributed by atoms with van der Waals surface area (Å²) < 4.78 is 1.73. The molecule has 6 heteroatoms. The monoisotopic (exact) mass is 216 g/mol. The van der Waals surface area contributed by atoms with Crippen LogP contribution in [0.5, 0.6) is 0 Å². The average Bonchev–Trinajstić information content (AvgIpc) is 2.60. The lowest BCUT2D eigenvalue weighted by Gasteiger charge is -2.10.